The largest absolute Gasteiger partial charge is 0.492 e. The third-order valence-corrected chi connectivity index (χ3v) is 3.94. The predicted molar refractivity (Wildman–Crippen MR) is 101 cm³/mol. The van der Waals surface area contributed by atoms with Crippen LogP contribution in [-0.2, 0) is 0 Å². The molecule has 0 unspecified atom stereocenters. The molecule has 0 bridgehead atoms. The highest BCUT2D eigenvalue weighted by Crippen LogP contribution is 2.25. The molecule has 0 radical (unpaired) electrons. The van der Waals surface area contributed by atoms with Crippen LogP contribution in [0, 0.1) is 13.8 Å². The summed E-state index contributed by atoms with van der Waals surface area (Å²) in [6.45, 7) is 6.35. The minimum Gasteiger partial charge on any atom is -0.492 e. The average molecular weight is 351 g/mol. The van der Waals surface area contributed by atoms with Crippen molar-refractivity contribution >= 4 is 17.4 Å². The number of carbonyl (C=O) groups excluding carboxylic acids is 1. The minimum atomic E-state index is -0.439. The number of benzene rings is 2. The zero-order chi connectivity index (χ0) is 18.7. The number of amides is 1. The van der Waals surface area contributed by atoms with Gasteiger partial charge < -0.3 is 15.8 Å². The maximum atomic E-state index is 12.6. The molecule has 0 atom stereocenters. The number of aryl methyl sites for hydroxylation is 2. The molecule has 26 heavy (non-hydrogen) atoms. The molecular formula is C19H21N5O2. The fraction of sp³-hybridized carbons (Fsp3) is 0.211. The lowest BCUT2D eigenvalue weighted by molar-refractivity contribution is 0.102. The zero-order valence-corrected chi connectivity index (χ0v) is 15.0. The Kier molecular flexibility index (Phi) is 4.88. The van der Waals surface area contributed by atoms with Crippen LogP contribution in [0.4, 0.5) is 11.5 Å². The van der Waals surface area contributed by atoms with Crippen molar-refractivity contribution < 1.29 is 9.53 Å². The molecule has 3 N–H and O–H groups in total. The number of nitrogen functional groups attached to an aromatic ring is 1. The van der Waals surface area contributed by atoms with Gasteiger partial charge in [0.05, 0.1) is 18.0 Å². The van der Waals surface area contributed by atoms with Crippen molar-refractivity contribution in [2.45, 2.75) is 20.8 Å². The quantitative estimate of drug-likeness (QED) is 0.736. The van der Waals surface area contributed by atoms with E-state index >= 15 is 0 Å². The SMILES string of the molecule is CCOc1ccccc1NC(=O)c1nnn(-c2ccc(C)cc2C)c1N. The number of nitrogens with one attached hydrogen (secondary N) is 1. The smallest absolute Gasteiger partial charge is 0.280 e. The molecule has 0 fully saturated rings. The molecule has 1 aromatic heterocycles. The minimum absolute atomic E-state index is 0.0660. The summed E-state index contributed by atoms with van der Waals surface area (Å²) in [4.78, 5) is 12.6. The molecule has 0 aliphatic carbocycles. The Bertz CT molecular complexity index is 949. The van der Waals surface area contributed by atoms with E-state index < -0.39 is 5.91 Å². The van der Waals surface area contributed by atoms with Crippen molar-refractivity contribution in [1.29, 1.82) is 0 Å². The topological polar surface area (TPSA) is 95.1 Å². The first-order valence-corrected chi connectivity index (χ1v) is 8.33. The van der Waals surface area contributed by atoms with Crippen molar-refractivity contribution in [2.75, 3.05) is 17.7 Å². The number of aromatic nitrogens is 3. The van der Waals surface area contributed by atoms with Gasteiger partial charge in [-0.2, -0.15) is 4.68 Å². The maximum Gasteiger partial charge on any atom is 0.280 e. The number of carbonyl (C=O) groups is 1. The van der Waals surface area contributed by atoms with E-state index in [1.165, 1.54) is 4.68 Å². The number of hydrogen-bond acceptors (Lipinski definition) is 5. The van der Waals surface area contributed by atoms with Gasteiger partial charge in [-0.25, -0.2) is 0 Å². The summed E-state index contributed by atoms with van der Waals surface area (Å²) < 4.78 is 6.99. The van der Waals surface area contributed by atoms with E-state index in [4.69, 9.17) is 10.5 Å². The number of nitrogens with zero attached hydrogens (tertiary/aromatic N) is 3. The fourth-order valence-corrected chi connectivity index (χ4v) is 2.70. The van der Waals surface area contributed by atoms with E-state index in [1.807, 2.05) is 51.1 Å². The van der Waals surface area contributed by atoms with Crippen LogP contribution in [0.25, 0.3) is 5.69 Å². The second-order valence-electron chi connectivity index (χ2n) is 5.91. The van der Waals surface area contributed by atoms with Gasteiger partial charge >= 0.3 is 0 Å². The molecule has 2 aromatic carbocycles. The van der Waals surface area contributed by atoms with Gasteiger partial charge in [-0.1, -0.05) is 35.0 Å². The average Bonchev–Trinajstić information content (AvgIpc) is 2.98. The molecule has 1 amide bonds. The lowest BCUT2D eigenvalue weighted by atomic mass is 10.1. The van der Waals surface area contributed by atoms with Crippen molar-refractivity contribution in [1.82, 2.24) is 15.0 Å². The fourth-order valence-electron chi connectivity index (χ4n) is 2.70. The van der Waals surface area contributed by atoms with Crippen LogP contribution in [0.3, 0.4) is 0 Å². The van der Waals surface area contributed by atoms with Crippen LogP contribution in [0.15, 0.2) is 42.5 Å². The molecule has 0 saturated heterocycles. The lowest BCUT2D eigenvalue weighted by Crippen LogP contribution is -2.16. The third-order valence-electron chi connectivity index (χ3n) is 3.94. The van der Waals surface area contributed by atoms with Crippen LogP contribution < -0.4 is 15.8 Å². The van der Waals surface area contributed by atoms with Crippen molar-refractivity contribution in [3.8, 4) is 11.4 Å². The number of ether oxygens (including phenoxy) is 1. The second kappa shape index (κ2) is 7.26. The summed E-state index contributed by atoms with van der Waals surface area (Å²) in [5.74, 6) is 0.331. The summed E-state index contributed by atoms with van der Waals surface area (Å²) in [5, 5.41) is 10.8. The van der Waals surface area contributed by atoms with E-state index in [1.54, 1.807) is 12.1 Å². The van der Waals surface area contributed by atoms with Gasteiger partial charge in [-0.3, -0.25) is 4.79 Å². The molecule has 0 spiro atoms. The first-order valence-electron chi connectivity index (χ1n) is 8.33. The zero-order valence-electron chi connectivity index (χ0n) is 15.0. The Balaban J connectivity index is 1.89. The molecule has 3 rings (SSSR count). The molecule has 0 aliphatic rings. The third kappa shape index (κ3) is 3.37. The number of para-hydroxylation sites is 2. The molecular weight excluding hydrogens is 330 g/mol. The number of nitrogens with two attached hydrogens (primary N) is 1. The molecule has 7 heteroatoms. The van der Waals surface area contributed by atoms with Gasteiger partial charge in [0.2, 0.25) is 0 Å². The number of rotatable bonds is 5. The molecule has 1 heterocycles. The summed E-state index contributed by atoms with van der Waals surface area (Å²) in [7, 11) is 0. The Morgan fingerprint density at radius 2 is 2.00 bits per heavy atom. The van der Waals surface area contributed by atoms with Crippen LogP contribution >= 0.6 is 0 Å². The Morgan fingerprint density at radius 1 is 1.23 bits per heavy atom. The number of anilines is 2. The van der Waals surface area contributed by atoms with E-state index in [9.17, 15) is 4.79 Å². The van der Waals surface area contributed by atoms with Crippen molar-refractivity contribution in [2.24, 2.45) is 0 Å². The monoisotopic (exact) mass is 351 g/mol. The first-order chi connectivity index (χ1) is 12.5. The Hall–Kier alpha value is -3.35. The highest BCUT2D eigenvalue weighted by Gasteiger charge is 2.20. The van der Waals surface area contributed by atoms with Crippen LogP contribution in [0.5, 0.6) is 5.75 Å². The molecule has 134 valence electrons. The summed E-state index contributed by atoms with van der Waals surface area (Å²) in [6, 6.07) is 13.1. The van der Waals surface area contributed by atoms with Gasteiger partial charge in [-0.05, 0) is 44.5 Å². The second-order valence-corrected chi connectivity index (χ2v) is 5.91. The summed E-state index contributed by atoms with van der Waals surface area (Å²) in [5.41, 5.74) is 9.68. The Labute approximate surface area is 151 Å². The maximum absolute atomic E-state index is 12.6. The molecule has 0 aliphatic heterocycles. The van der Waals surface area contributed by atoms with Gasteiger partial charge in [-0.15, -0.1) is 5.10 Å². The van der Waals surface area contributed by atoms with Gasteiger partial charge in [0.25, 0.3) is 5.91 Å². The summed E-state index contributed by atoms with van der Waals surface area (Å²) in [6.07, 6.45) is 0. The van der Waals surface area contributed by atoms with Crippen LogP contribution in [0.1, 0.15) is 28.5 Å². The standard InChI is InChI=1S/C19H21N5O2/c1-4-26-16-8-6-5-7-14(16)21-19(25)17-18(20)24(23-22-17)15-10-9-12(2)11-13(15)3/h5-11H,4,20H2,1-3H3,(H,21,25). The van der Waals surface area contributed by atoms with Gasteiger partial charge in [0, 0.05) is 0 Å². The van der Waals surface area contributed by atoms with Gasteiger partial charge in [0.1, 0.15) is 5.75 Å². The van der Waals surface area contributed by atoms with E-state index in [2.05, 4.69) is 15.6 Å². The summed E-state index contributed by atoms with van der Waals surface area (Å²) >= 11 is 0. The van der Waals surface area contributed by atoms with E-state index in [-0.39, 0.29) is 11.5 Å². The predicted octanol–water partition coefficient (Wildman–Crippen LogP) is 3.12. The van der Waals surface area contributed by atoms with Crippen LogP contribution in [-0.4, -0.2) is 27.5 Å². The lowest BCUT2D eigenvalue weighted by Gasteiger charge is -2.11. The highest BCUT2D eigenvalue weighted by molar-refractivity contribution is 6.06. The van der Waals surface area contributed by atoms with Crippen molar-refractivity contribution in [3.63, 3.8) is 0 Å². The van der Waals surface area contributed by atoms with Crippen molar-refractivity contribution in [3.05, 3.63) is 59.3 Å². The first kappa shape index (κ1) is 17.5. The number of hydrogen-bond donors (Lipinski definition) is 2. The Morgan fingerprint density at radius 3 is 2.73 bits per heavy atom. The molecule has 7 nitrogen and oxygen atoms in total. The molecule has 0 saturated carbocycles. The highest BCUT2D eigenvalue weighted by atomic mass is 16.5. The molecule has 3 aromatic rings. The van der Waals surface area contributed by atoms with E-state index in [0.717, 1.165) is 16.8 Å². The van der Waals surface area contributed by atoms with E-state index in [0.29, 0.717) is 18.0 Å². The van der Waals surface area contributed by atoms with Crippen LogP contribution in [0.2, 0.25) is 0 Å². The normalized spacial score (nSPS) is 10.6. The van der Waals surface area contributed by atoms with Gasteiger partial charge in [0.15, 0.2) is 11.5 Å².